The van der Waals surface area contributed by atoms with Crippen molar-refractivity contribution in [2.24, 2.45) is 11.3 Å². The van der Waals surface area contributed by atoms with Gasteiger partial charge in [0.15, 0.2) is 12.0 Å². The van der Waals surface area contributed by atoms with E-state index in [0.717, 1.165) is 13.8 Å². The van der Waals surface area contributed by atoms with Crippen LogP contribution in [0.3, 0.4) is 0 Å². The molecule has 84 valence electrons. The van der Waals surface area contributed by atoms with Crippen LogP contribution in [-0.2, 0) is 0 Å². The maximum absolute atomic E-state index is 13.5. The molecule has 1 fully saturated rings. The van der Waals surface area contributed by atoms with E-state index in [9.17, 15) is 17.6 Å². The van der Waals surface area contributed by atoms with E-state index >= 15 is 0 Å². The molecule has 0 nitrogen and oxygen atoms in total. The summed E-state index contributed by atoms with van der Waals surface area (Å²) in [5.41, 5.74) is -2.11. The first-order valence-electron chi connectivity index (χ1n) is 4.97. The Labute approximate surface area is 85.7 Å². The number of rotatable bonds is 1. The lowest BCUT2D eigenvalue weighted by atomic mass is 9.79. The van der Waals surface area contributed by atoms with Crippen LogP contribution in [0.15, 0.2) is 23.1 Å². The number of hydrogen-bond donors (Lipinski definition) is 0. The second-order valence-electron chi connectivity index (χ2n) is 4.75. The Morgan fingerprint density at radius 1 is 1.13 bits per heavy atom. The summed E-state index contributed by atoms with van der Waals surface area (Å²) in [5, 5.41) is 0. The lowest BCUT2D eigenvalue weighted by molar-refractivity contribution is 0.143. The van der Waals surface area contributed by atoms with E-state index in [2.05, 4.69) is 0 Å². The van der Waals surface area contributed by atoms with Crippen molar-refractivity contribution < 1.29 is 17.6 Å². The molecule has 0 heterocycles. The van der Waals surface area contributed by atoms with Crippen LogP contribution in [0.5, 0.6) is 0 Å². The topological polar surface area (TPSA) is 0 Å². The fraction of sp³-hybridized carbons (Fsp3) is 0.636. The fourth-order valence-corrected chi connectivity index (χ4v) is 1.82. The highest BCUT2D eigenvalue weighted by Gasteiger charge is 2.48. The van der Waals surface area contributed by atoms with Crippen molar-refractivity contribution in [2.45, 2.75) is 32.9 Å². The Morgan fingerprint density at radius 2 is 1.67 bits per heavy atom. The Balaban J connectivity index is 2.52. The predicted octanol–water partition coefficient (Wildman–Crippen LogP) is 4.15. The second-order valence-corrected chi connectivity index (χ2v) is 4.75. The first kappa shape index (κ1) is 10.7. The van der Waals surface area contributed by atoms with Gasteiger partial charge in [-0.3, -0.25) is 0 Å². The lowest BCUT2D eigenvalue weighted by Gasteiger charge is -2.31. The fourth-order valence-electron chi connectivity index (χ4n) is 1.82. The van der Waals surface area contributed by atoms with Crippen LogP contribution in [0.2, 0.25) is 0 Å². The van der Waals surface area contributed by atoms with E-state index in [4.69, 9.17) is 0 Å². The van der Waals surface area contributed by atoms with E-state index in [0.29, 0.717) is 12.8 Å². The van der Waals surface area contributed by atoms with E-state index in [1.54, 1.807) is 0 Å². The van der Waals surface area contributed by atoms with Crippen molar-refractivity contribution in [3.05, 3.63) is 23.1 Å². The molecule has 0 aromatic heterocycles. The molecule has 0 bridgehead atoms. The summed E-state index contributed by atoms with van der Waals surface area (Å²) in [6.45, 7) is 2.33. The average Bonchev–Trinajstić information content (AvgIpc) is 2.97. The SMILES string of the molecule is CC1(C)C(F)=C(F)C(C2CC2)=C(F)C1F. The quantitative estimate of drug-likeness (QED) is 0.582. The van der Waals surface area contributed by atoms with Crippen molar-refractivity contribution in [2.75, 3.05) is 0 Å². The summed E-state index contributed by atoms with van der Waals surface area (Å²) in [6, 6.07) is 0. The van der Waals surface area contributed by atoms with Crippen LogP contribution in [0, 0.1) is 11.3 Å². The van der Waals surface area contributed by atoms with E-state index in [1.807, 2.05) is 0 Å². The van der Waals surface area contributed by atoms with Gasteiger partial charge in [0.1, 0.15) is 11.7 Å². The summed E-state index contributed by atoms with van der Waals surface area (Å²) < 4.78 is 54.0. The zero-order valence-electron chi connectivity index (χ0n) is 8.58. The molecule has 0 aliphatic heterocycles. The zero-order valence-corrected chi connectivity index (χ0v) is 8.58. The minimum atomic E-state index is -2.08. The minimum Gasteiger partial charge on any atom is -0.239 e. The first-order valence-corrected chi connectivity index (χ1v) is 4.97. The highest BCUT2D eigenvalue weighted by atomic mass is 19.2. The molecule has 0 radical (unpaired) electrons. The van der Waals surface area contributed by atoms with Crippen LogP contribution in [0.1, 0.15) is 26.7 Å². The molecular formula is C11H12F4. The molecule has 0 N–H and O–H groups in total. The molecule has 4 heteroatoms. The monoisotopic (exact) mass is 220 g/mol. The van der Waals surface area contributed by atoms with Gasteiger partial charge in [0, 0.05) is 5.57 Å². The van der Waals surface area contributed by atoms with Crippen LogP contribution >= 0.6 is 0 Å². The van der Waals surface area contributed by atoms with Gasteiger partial charge in [-0.2, -0.15) is 0 Å². The molecule has 0 spiro atoms. The normalized spacial score (nSPS) is 31.2. The summed E-state index contributed by atoms with van der Waals surface area (Å²) in [5.74, 6) is -3.81. The molecule has 0 aromatic carbocycles. The lowest BCUT2D eigenvalue weighted by Crippen LogP contribution is -2.32. The molecule has 0 aromatic rings. The maximum Gasteiger partial charge on any atom is 0.163 e. The molecular weight excluding hydrogens is 208 g/mol. The number of hydrogen-bond acceptors (Lipinski definition) is 0. The van der Waals surface area contributed by atoms with E-state index < -0.39 is 29.1 Å². The van der Waals surface area contributed by atoms with Gasteiger partial charge in [-0.05, 0) is 18.8 Å². The van der Waals surface area contributed by atoms with Crippen LogP contribution in [0.4, 0.5) is 17.6 Å². The number of allylic oxidation sites excluding steroid dienone is 4. The van der Waals surface area contributed by atoms with Gasteiger partial charge in [0.05, 0.1) is 5.41 Å². The first-order chi connectivity index (χ1) is 6.87. The van der Waals surface area contributed by atoms with E-state index in [-0.39, 0.29) is 11.5 Å². The van der Waals surface area contributed by atoms with Crippen molar-refractivity contribution in [3.63, 3.8) is 0 Å². The second kappa shape index (κ2) is 3.09. The van der Waals surface area contributed by atoms with Crippen molar-refractivity contribution >= 4 is 0 Å². The number of alkyl halides is 1. The van der Waals surface area contributed by atoms with Gasteiger partial charge in [-0.15, -0.1) is 0 Å². The Kier molecular flexibility index (Phi) is 2.21. The third-order valence-electron chi connectivity index (χ3n) is 3.09. The molecule has 2 rings (SSSR count). The largest absolute Gasteiger partial charge is 0.239 e. The van der Waals surface area contributed by atoms with Gasteiger partial charge < -0.3 is 0 Å². The maximum atomic E-state index is 13.5. The van der Waals surface area contributed by atoms with E-state index in [1.165, 1.54) is 0 Å². The Morgan fingerprint density at radius 3 is 2.13 bits per heavy atom. The zero-order chi connectivity index (χ0) is 11.4. The third kappa shape index (κ3) is 1.42. The standard InChI is InChI=1S/C11H12F4/c1-11(2)9(14)7(12)6(5-3-4-5)8(13)10(11)15/h5,9H,3-4H2,1-2H3. The summed E-state index contributed by atoms with van der Waals surface area (Å²) in [4.78, 5) is 0. The summed E-state index contributed by atoms with van der Waals surface area (Å²) in [6.07, 6.45) is -0.861. The summed E-state index contributed by atoms with van der Waals surface area (Å²) >= 11 is 0. The van der Waals surface area contributed by atoms with Gasteiger partial charge in [-0.25, -0.2) is 17.6 Å². The molecule has 1 saturated carbocycles. The van der Waals surface area contributed by atoms with Gasteiger partial charge >= 0.3 is 0 Å². The van der Waals surface area contributed by atoms with Crippen LogP contribution < -0.4 is 0 Å². The van der Waals surface area contributed by atoms with Crippen molar-refractivity contribution in [1.29, 1.82) is 0 Å². The molecule has 15 heavy (non-hydrogen) atoms. The molecule has 0 amide bonds. The van der Waals surface area contributed by atoms with Crippen LogP contribution in [-0.4, -0.2) is 6.17 Å². The summed E-state index contributed by atoms with van der Waals surface area (Å²) in [7, 11) is 0. The van der Waals surface area contributed by atoms with Crippen LogP contribution in [0.25, 0.3) is 0 Å². The van der Waals surface area contributed by atoms with Gasteiger partial charge in [0.2, 0.25) is 0 Å². The predicted molar refractivity (Wildman–Crippen MR) is 48.8 cm³/mol. The molecule has 0 saturated heterocycles. The van der Waals surface area contributed by atoms with Crippen molar-refractivity contribution in [1.82, 2.24) is 0 Å². The molecule has 2 aliphatic carbocycles. The Hall–Kier alpha value is -0.800. The average molecular weight is 220 g/mol. The Bertz CT molecular complexity index is 361. The molecule has 2 aliphatic rings. The minimum absolute atomic E-state index is 0.329. The van der Waals surface area contributed by atoms with Crippen molar-refractivity contribution in [3.8, 4) is 0 Å². The smallest absolute Gasteiger partial charge is 0.163 e. The highest BCUT2D eigenvalue weighted by molar-refractivity contribution is 5.43. The molecule has 1 atom stereocenters. The highest BCUT2D eigenvalue weighted by Crippen LogP contribution is 2.52. The van der Waals surface area contributed by atoms with Gasteiger partial charge in [0.25, 0.3) is 0 Å². The number of halogens is 4. The van der Waals surface area contributed by atoms with Gasteiger partial charge in [-0.1, -0.05) is 13.8 Å². The molecule has 1 unspecified atom stereocenters. The third-order valence-corrected chi connectivity index (χ3v) is 3.09.